The summed E-state index contributed by atoms with van der Waals surface area (Å²) in [5.74, 6) is 0.591. The van der Waals surface area contributed by atoms with Gasteiger partial charge in [0.1, 0.15) is 5.75 Å². The van der Waals surface area contributed by atoms with Crippen LogP contribution in [0, 0.1) is 0 Å². The third-order valence-corrected chi connectivity index (χ3v) is 4.77. The molecule has 1 amide bonds. The minimum Gasteiger partial charge on any atom is -0.435 e. The van der Waals surface area contributed by atoms with E-state index in [1.165, 1.54) is 12.1 Å². The Balaban J connectivity index is 1.45. The van der Waals surface area contributed by atoms with Gasteiger partial charge in [0.25, 0.3) is 5.91 Å². The van der Waals surface area contributed by atoms with E-state index < -0.39 is 6.61 Å². The van der Waals surface area contributed by atoms with Crippen molar-refractivity contribution >= 4 is 22.9 Å². The number of hydrogen-bond acceptors (Lipinski definition) is 4. The van der Waals surface area contributed by atoms with E-state index in [1.54, 1.807) is 17.0 Å². The van der Waals surface area contributed by atoms with Crippen molar-refractivity contribution in [2.75, 3.05) is 31.1 Å². The molecule has 0 bridgehead atoms. The average molecular weight is 386 g/mol. The van der Waals surface area contributed by atoms with Gasteiger partial charge in [0, 0.05) is 31.7 Å². The molecule has 2 heterocycles. The zero-order valence-electron chi connectivity index (χ0n) is 15.1. The van der Waals surface area contributed by atoms with Crippen LogP contribution in [0.25, 0.3) is 11.0 Å². The molecule has 0 spiro atoms. The van der Waals surface area contributed by atoms with Crippen LogP contribution in [0.3, 0.4) is 0 Å². The maximum atomic E-state index is 12.8. The van der Waals surface area contributed by atoms with Gasteiger partial charge >= 0.3 is 6.61 Å². The van der Waals surface area contributed by atoms with Crippen molar-refractivity contribution in [2.24, 2.45) is 0 Å². The third kappa shape index (κ3) is 3.90. The van der Waals surface area contributed by atoms with Crippen molar-refractivity contribution in [1.29, 1.82) is 0 Å². The number of halogens is 2. The zero-order chi connectivity index (χ0) is 19.5. The molecule has 1 aliphatic heterocycles. The first-order valence-electron chi connectivity index (χ1n) is 9.14. The van der Waals surface area contributed by atoms with E-state index in [-0.39, 0.29) is 11.7 Å². The lowest BCUT2D eigenvalue weighted by Gasteiger charge is -2.22. The third-order valence-electron chi connectivity index (χ3n) is 4.77. The minimum atomic E-state index is -2.92. The van der Waals surface area contributed by atoms with Crippen LogP contribution in [-0.4, -0.2) is 53.6 Å². The molecule has 1 fully saturated rings. The second kappa shape index (κ2) is 7.84. The summed E-state index contributed by atoms with van der Waals surface area (Å²) in [5, 5.41) is 0. The number of aromatic nitrogens is 2. The van der Waals surface area contributed by atoms with Gasteiger partial charge in [0.15, 0.2) is 0 Å². The van der Waals surface area contributed by atoms with Gasteiger partial charge in [-0.1, -0.05) is 18.2 Å². The molecule has 0 unspecified atom stereocenters. The molecule has 8 heteroatoms. The van der Waals surface area contributed by atoms with Gasteiger partial charge in [-0.25, -0.2) is 4.98 Å². The van der Waals surface area contributed by atoms with E-state index >= 15 is 0 Å². The number of anilines is 1. The highest BCUT2D eigenvalue weighted by atomic mass is 19.3. The minimum absolute atomic E-state index is 0.0143. The van der Waals surface area contributed by atoms with Crippen LogP contribution in [0.5, 0.6) is 5.75 Å². The Bertz CT molecular complexity index is 943. The molecule has 28 heavy (non-hydrogen) atoms. The van der Waals surface area contributed by atoms with E-state index in [1.807, 2.05) is 24.3 Å². The summed E-state index contributed by atoms with van der Waals surface area (Å²) >= 11 is 0. The van der Waals surface area contributed by atoms with Crippen LogP contribution in [0.4, 0.5) is 14.7 Å². The average Bonchev–Trinajstić information content (AvgIpc) is 2.96. The highest BCUT2D eigenvalue weighted by Crippen LogP contribution is 2.20. The molecule has 3 aromatic rings. The number of rotatable bonds is 4. The summed E-state index contributed by atoms with van der Waals surface area (Å²) in [6.45, 7) is -0.386. The maximum absolute atomic E-state index is 12.8. The number of alkyl halides is 2. The van der Waals surface area contributed by atoms with E-state index in [2.05, 4.69) is 19.6 Å². The molecule has 6 nitrogen and oxygen atoms in total. The van der Waals surface area contributed by atoms with Gasteiger partial charge in [-0.05, 0) is 36.8 Å². The normalized spacial score (nSPS) is 15.1. The molecular formula is C20H20F2N4O2. The molecule has 0 saturated carbocycles. The number of H-pyrrole nitrogens is 1. The smallest absolute Gasteiger partial charge is 0.387 e. The van der Waals surface area contributed by atoms with Crippen LogP contribution in [0.15, 0.2) is 48.5 Å². The van der Waals surface area contributed by atoms with Crippen molar-refractivity contribution in [3.05, 3.63) is 54.1 Å². The summed E-state index contributed by atoms with van der Waals surface area (Å²) in [6.07, 6.45) is 0.788. The van der Waals surface area contributed by atoms with Crippen LogP contribution in [-0.2, 0) is 0 Å². The summed E-state index contributed by atoms with van der Waals surface area (Å²) in [6, 6.07) is 13.8. The van der Waals surface area contributed by atoms with Crippen molar-refractivity contribution in [3.63, 3.8) is 0 Å². The molecule has 2 aromatic carbocycles. The Labute approximate surface area is 160 Å². The number of carbonyl (C=O) groups excluding carboxylic acids is 1. The molecule has 1 aromatic heterocycles. The summed E-state index contributed by atoms with van der Waals surface area (Å²) in [7, 11) is 0. The molecule has 1 N–H and O–H groups in total. The molecule has 0 atom stereocenters. The predicted octanol–water partition coefficient (Wildman–Crippen LogP) is 3.52. The lowest BCUT2D eigenvalue weighted by molar-refractivity contribution is -0.0499. The predicted molar refractivity (Wildman–Crippen MR) is 102 cm³/mol. The number of carbonyl (C=O) groups is 1. The highest BCUT2D eigenvalue weighted by molar-refractivity contribution is 5.94. The second-order valence-corrected chi connectivity index (χ2v) is 6.62. The van der Waals surface area contributed by atoms with Crippen molar-refractivity contribution in [1.82, 2.24) is 14.9 Å². The topological polar surface area (TPSA) is 61.5 Å². The largest absolute Gasteiger partial charge is 0.435 e. The summed E-state index contributed by atoms with van der Waals surface area (Å²) in [5.41, 5.74) is 2.23. The molecule has 146 valence electrons. The molecule has 0 aliphatic carbocycles. The lowest BCUT2D eigenvalue weighted by Crippen LogP contribution is -2.35. The fraction of sp³-hybridized carbons (Fsp3) is 0.300. The fourth-order valence-electron chi connectivity index (χ4n) is 3.41. The van der Waals surface area contributed by atoms with E-state index in [4.69, 9.17) is 0 Å². The van der Waals surface area contributed by atoms with E-state index in [0.29, 0.717) is 25.2 Å². The van der Waals surface area contributed by atoms with Crippen molar-refractivity contribution in [2.45, 2.75) is 13.0 Å². The Hall–Kier alpha value is -3.16. The standard InChI is InChI=1S/C20H20F2N4O2/c21-19(22)28-15-6-3-5-14(13-15)18(27)25-9-4-10-26(12-11-25)20-23-16-7-1-2-8-17(16)24-20/h1-3,5-8,13,19H,4,9-12H2,(H,23,24). The Morgan fingerprint density at radius 1 is 1.07 bits per heavy atom. The first-order chi connectivity index (χ1) is 13.6. The van der Waals surface area contributed by atoms with Crippen LogP contribution in [0.1, 0.15) is 16.8 Å². The van der Waals surface area contributed by atoms with Crippen LogP contribution >= 0.6 is 0 Å². The molecule has 4 rings (SSSR count). The van der Waals surface area contributed by atoms with Gasteiger partial charge in [-0.2, -0.15) is 8.78 Å². The quantitative estimate of drug-likeness (QED) is 0.745. The van der Waals surface area contributed by atoms with Crippen molar-refractivity contribution in [3.8, 4) is 5.75 Å². The van der Waals surface area contributed by atoms with Gasteiger partial charge in [0.05, 0.1) is 11.0 Å². The number of fused-ring (bicyclic) bond motifs is 1. The van der Waals surface area contributed by atoms with Crippen molar-refractivity contribution < 1.29 is 18.3 Å². The fourth-order valence-corrected chi connectivity index (χ4v) is 3.41. The Morgan fingerprint density at radius 2 is 1.93 bits per heavy atom. The number of ether oxygens (including phenoxy) is 1. The lowest BCUT2D eigenvalue weighted by atomic mass is 10.2. The van der Waals surface area contributed by atoms with Gasteiger partial charge < -0.3 is 19.5 Å². The number of nitrogens with one attached hydrogen (secondary N) is 1. The first kappa shape index (κ1) is 18.2. The molecule has 0 radical (unpaired) electrons. The number of amides is 1. The van der Waals surface area contributed by atoms with E-state index in [0.717, 1.165) is 29.9 Å². The first-order valence-corrected chi connectivity index (χ1v) is 9.14. The van der Waals surface area contributed by atoms with E-state index in [9.17, 15) is 13.6 Å². The summed E-state index contributed by atoms with van der Waals surface area (Å²) < 4.78 is 29.2. The SMILES string of the molecule is O=C(c1cccc(OC(F)F)c1)N1CCCN(c2nc3ccccc3[nH]2)CC1. The molecule has 1 saturated heterocycles. The van der Waals surface area contributed by atoms with Gasteiger partial charge in [-0.3, -0.25) is 4.79 Å². The maximum Gasteiger partial charge on any atom is 0.387 e. The highest BCUT2D eigenvalue weighted by Gasteiger charge is 2.22. The number of para-hydroxylation sites is 2. The molecular weight excluding hydrogens is 366 g/mol. The Morgan fingerprint density at radius 3 is 2.75 bits per heavy atom. The summed E-state index contributed by atoms with van der Waals surface area (Å²) in [4.78, 5) is 24.6. The van der Waals surface area contributed by atoms with Crippen LogP contribution in [0.2, 0.25) is 0 Å². The number of hydrogen-bond donors (Lipinski definition) is 1. The number of benzene rings is 2. The molecule has 1 aliphatic rings. The Kier molecular flexibility index (Phi) is 5.10. The number of imidazole rings is 1. The van der Waals surface area contributed by atoms with Gasteiger partial charge in [-0.15, -0.1) is 0 Å². The number of aromatic amines is 1. The van der Waals surface area contributed by atoms with Gasteiger partial charge in [0.2, 0.25) is 5.95 Å². The zero-order valence-corrected chi connectivity index (χ0v) is 15.1. The monoisotopic (exact) mass is 386 g/mol. The number of nitrogens with zero attached hydrogens (tertiary/aromatic N) is 3. The van der Waals surface area contributed by atoms with Crippen LogP contribution < -0.4 is 9.64 Å². The second-order valence-electron chi connectivity index (χ2n) is 6.62.